The molecule has 1 rings (SSSR count). The number of ether oxygens (including phenoxy) is 1. The van der Waals surface area contributed by atoms with E-state index in [0.29, 0.717) is 19.1 Å². The van der Waals surface area contributed by atoms with Gasteiger partial charge in [-0.15, -0.1) is 0 Å². The van der Waals surface area contributed by atoms with E-state index in [9.17, 15) is 0 Å². The highest BCUT2D eigenvalue weighted by Crippen LogP contribution is 1.98. The predicted molar refractivity (Wildman–Crippen MR) is 55.8 cm³/mol. The Bertz CT molecular complexity index is 202. The van der Waals surface area contributed by atoms with Crippen molar-refractivity contribution in [3.05, 3.63) is 6.33 Å². The molecule has 6 nitrogen and oxygen atoms in total. The molecule has 0 atom stereocenters. The zero-order valence-corrected chi connectivity index (χ0v) is 9.03. The molecule has 0 fully saturated rings. The Morgan fingerprint density at radius 1 is 1.57 bits per heavy atom. The van der Waals surface area contributed by atoms with Crippen LogP contribution in [0.5, 0.6) is 0 Å². The van der Waals surface area contributed by atoms with E-state index in [1.54, 1.807) is 7.11 Å². The molecule has 82 valence electrons. The molecule has 1 aromatic rings. The van der Waals surface area contributed by atoms with E-state index in [1.165, 1.54) is 11.3 Å². The van der Waals surface area contributed by atoms with Gasteiger partial charge >= 0.3 is 0 Å². The fraction of sp³-hybridized carbons (Fsp3) is 0.750. The number of aromatic amines is 1. The second kappa shape index (κ2) is 8.46. The maximum atomic E-state index is 5.62. The Morgan fingerprint density at radius 2 is 2.29 bits per heavy atom. The van der Waals surface area contributed by atoms with Gasteiger partial charge in [0.05, 0.1) is 0 Å². The van der Waals surface area contributed by atoms with E-state index in [0.717, 1.165) is 6.42 Å². The molecule has 6 heteroatoms. The van der Waals surface area contributed by atoms with Gasteiger partial charge in [0, 0.05) is 20.3 Å². The topological polar surface area (TPSA) is 80.1 Å². The Labute approximate surface area is 84.4 Å². The number of nitrogens with two attached hydrogens (primary N) is 1. The second-order valence-corrected chi connectivity index (χ2v) is 2.35. The lowest BCUT2D eigenvalue weighted by molar-refractivity contribution is 0.196. The first-order valence-corrected chi connectivity index (χ1v) is 4.71. The number of hydrazine groups is 1. The Kier molecular flexibility index (Phi) is 7.77. The number of methoxy groups -OCH3 is 1. The van der Waals surface area contributed by atoms with Gasteiger partial charge in [-0.05, 0) is 6.42 Å². The first kappa shape index (κ1) is 12.9. The van der Waals surface area contributed by atoms with E-state index < -0.39 is 0 Å². The highest BCUT2D eigenvalue weighted by molar-refractivity contribution is 5.22. The van der Waals surface area contributed by atoms with Crippen molar-refractivity contribution in [2.24, 2.45) is 5.84 Å². The van der Waals surface area contributed by atoms with Gasteiger partial charge < -0.3 is 4.74 Å². The lowest BCUT2D eigenvalue weighted by Crippen LogP contribution is -2.33. The van der Waals surface area contributed by atoms with Crippen molar-refractivity contribution in [2.45, 2.75) is 20.3 Å². The summed E-state index contributed by atoms with van der Waals surface area (Å²) in [6, 6.07) is 0. The molecule has 0 saturated carbocycles. The number of aromatic nitrogens is 3. The van der Waals surface area contributed by atoms with Gasteiger partial charge in [0.1, 0.15) is 6.33 Å². The van der Waals surface area contributed by atoms with Gasteiger partial charge in [0.25, 0.3) is 0 Å². The van der Waals surface area contributed by atoms with Crippen LogP contribution in [0.3, 0.4) is 0 Å². The fourth-order valence-corrected chi connectivity index (χ4v) is 0.823. The molecule has 0 saturated heterocycles. The Morgan fingerprint density at radius 3 is 2.79 bits per heavy atom. The fourth-order valence-electron chi connectivity index (χ4n) is 0.823. The molecule has 0 amide bonds. The van der Waals surface area contributed by atoms with E-state index >= 15 is 0 Å². The molecule has 14 heavy (non-hydrogen) atoms. The van der Waals surface area contributed by atoms with Crippen LogP contribution in [-0.4, -0.2) is 35.4 Å². The van der Waals surface area contributed by atoms with Crippen molar-refractivity contribution in [2.75, 3.05) is 25.3 Å². The second-order valence-electron chi connectivity index (χ2n) is 2.35. The van der Waals surface area contributed by atoms with Crippen molar-refractivity contribution < 1.29 is 4.74 Å². The minimum Gasteiger partial charge on any atom is -0.385 e. The number of anilines is 1. The zero-order valence-electron chi connectivity index (χ0n) is 9.03. The van der Waals surface area contributed by atoms with Crippen LogP contribution in [0.2, 0.25) is 0 Å². The summed E-state index contributed by atoms with van der Waals surface area (Å²) in [4.78, 5) is 3.89. The predicted octanol–water partition coefficient (Wildman–Crippen LogP) is 0.548. The van der Waals surface area contributed by atoms with Crippen LogP contribution >= 0.6 is 0 Å². The van der Waals surface area contributed by atoms with Crippen LogP contribution in [-0.2, 0) is 4.74 Å². The Hall–Kier alpha value is -1.14. The van der Waals surface area contributed by atoms with Crippen LogP contribution < -0.4 is 10.9 Å². The summed E-state index contributed by atoms with van der Waals surface area (Å²) in [5, 5.41) is 7.85. The van der Waals surface area contributed by atoms with E-state index in [1.807, 2.05) is 13.8 Å². The number of nitrogens with zero attached hydrogens (tertiary/aromatic N) is 3. The van der Waals surface area contributed by atoms with Gasteiger partial charge in [0.15, 0.2) is 0 Å². The lowest BCUT2D eigenvalue weighted by atomic mass is 10.4. The lowest BCUT2D eigenvalue weighted by Gasteiger charge is -2.13. The zero-order chi connectivity index (χ0) is 10.8. The number of rotatable bonds is 5. The summed E-state index contributed by atoms with van der Waals surface area (Å²) in [5.74, 6) is 6.20. The van der Waals surface area contributed by atoms with Crippen molar-refractivity contribution in [1.82, 2.24) is 15.2 Å². The molecule has 0 aliphatic rings. The minimum atomic E-state index is 0.575. The highest BCUT2D eigenvalue weighted by atomic mass is 16.5. The third-order valence-electron chi connectivity index (χ3n) is 1.42. The maximum Gasteiger partial charge on any atom is 0.235 e. The molecule has 0 aromatic carbocycles. The molecule has 0 radical (unpaired) electrons. The Balaban J connectivity index is 0.000000791. The molecule has 0 spiro atoms. The van der Waals surface area contributed by atoms with Crippen molar-refractivity contribution in [1.29, 1.82) is 0 Å². The average Bonchev–Trinajstić information content (AvgIpc) is 2.74. The molecule has 0 aliphatic heterocycles. The number of hydrogen-bond donors (Lipinski definition) is 2. The van der Waals surface area contributed by atoms with Gasteiger partial charge in [0.2, 0.25) is 5.95 Å². The first-order chi connectivity index (χ1) is 6.84. The number of nitrogens with one attached hydrogen (secondary N) is 1. The van der Waals surface area contributed by atoms with Gasteiger partial charge in [-0.25, -0.2) is 10.9 Å². The van der Waals surface area contributed by atoms with Gasteiger partial charge in [-0.1, -0.05) is 13.8 Å². The summed E-state index contributed by atoms with van der Waals surface area (Å²) in [5.41, 5.74) is 0. The standard InChI is InChI=1S/C6H13N5O.C2H6/c1-12-4-2-3-11(7)6-8-5-9-10-6;1-2/h5H,2-4,7H2,1H3,(H,8,9,10);1-2H3. The van der Waals surface area contributed by atoms with Gasteiger partial charge in [-0.2, -0.15) is 10.1 Å². The SMILES string of the molecule is CC.COCCCN(N)c1ncn[nH]1. The van der Waals surface area contributed by atoms with Gasteiger partial charge in [-0.3, -0.25) is 5.01 Å². The monoisotopic (exact) mass is 201 g/mol. The van der Waals surface area contributed by atoms with E-state index in [2.05, 4.69) is 15.2 Å². The van der Waals surface area contributed by atoms with Crippen molar-refractivity contribution in [3.63, 3.8) is 0 Å². The third-order valence-corrected chi connectivity index (χ3v) is 1.42. The number of hydrogen-bond acceptors (Lipinski definition) is 5. The quantitative estimate of drug-likeness (QED) is 0.413. The summed E-state index contributed by atoms with van der Waals surface area (Å²) in [7, 11) is 1.66. The molecule has 0 unspecified atom stereocenters. The molecule has 1 heterocycles. The molecule has 0 aliphatic carbocycles. The molecule has 1 aromatic heterocycles. The summed E-state index contributed by atoms with van der Waals surface area (Å²) in [6.45, 7) is 5.39. The minimum absolute atomic E-state index is 0.575. The summed E-state index contributed by atoms with van der Waals surface area (Å²) >= 11 is 0. The molecular weight excluding hydrogens is 182 g/mol. The normalized spacial score (nSPS) is 9.14. The summed E-state index contributed by atoms with van der Waals surface area (Å²) < 4.78 is 4.88. The van der Waals surface area contributed by atoms with Crippen LogP contribution in [0.4, 0.5) is 5.95 Å². The molecule has 0 bridgehead atoms. The van der Waals surface area contributed by atoms with Crippen LogP contribution in [0.15, 0.2) is 6.33 Å². The van der Waals surface area contributed by atoms with Crippen LogP contribution in [0.1, 0.15) is 20.3 Å². The van der Waals surface area contributed by atoms with Crippen molar-refractivity contribution >= 4 is 5.95 Å². The van der Waals surface area contributed by atoms with E-state index in [4.69, 9.17) is 10.6 Å². The number of H-pyrrole nitrogens is 1. The highest BCUT2D eigenvalue weighted by Gasteiger charge is 2.02. The third kappa shape index (κ3) is 4.78. The molecular formula is C8H19N5O. The summed E-state index contributed by atoms with van der Waals surface area (Å²) in [6.07, 6.45) is 2.29. The van der Waals surface area contributed by atoms with Crippen LogP contribution in [0, 0.1) is 0 Å². The molecule has 3 N–H and O–H groups in total. The smallest absolute Gasteiger partial charge is 0.235 e. The largest absolute Gasteiger partial charge is 0.385 e. The van der Waals surface area contributed by atoms with Crippen LogP contribution in [0.25, 0.3) is 0 Å². The van der Waals surface area contributed by atoms with E-state index in [-0.39, 0.29) is 0 Å². The maximum absolute atomic E-state index is 5.62. The van der Waals surface area contributed by atoms with Crippen molar-refractivity contribution in [3.8, 4) is 0 Å². The first-order valence-electron chi connectivity index (χ1n) is 4.71. The average molecular weight is 201 g/mol.